The van der Waals surface area contributed by atoms with Gasteiger partial charge in [0.15, 0.2) is 5.65 Å². The van der Waals surface area contributed by atoms with Crippen molar-refractivity contribution in [1.29, 1.82) is 0 Å². The lowest BCUT2D eigenvalue weighted by Crippen LogP contribution is -2.01. The molecule has 0 aliphatic heterocycles. The van der Waals surface area contributed by atoms with Crippen LogP contribution in [0.5, 0.6) is 0 Å². The Morgan fingerprint density at radius 1 is 1.50 bits per heavy atom. The summed E-state index contributed by atoms with van der Waals surface area (Å²) in [4.78, 5) is 4.46. The third-order valence-electron chi connectivity index (χ3n) is 2.34. The Balaban J connectivity index is 2.76. The summed E-state index contributed by atoms with van der Waals surface area (Å²) in [6.45, 7) is 5.41. The largest absolute Gasteiger partial charge is 0.326 e. The molecule has 2 aromatic heterocycles. The SMILES string of the molecule is CCn1ncc2c(CN)cc(C)nc21. The van der Waals surface area contributed by atoms with Gasteiger partial charge in [-0.1, -0.05) is 0 Å². The Morgan fingerprint density at radius 2 is 2.29 bits per heavy atom. The Bertz CT molecular complexity index is 458. The zero-order valence-electron chi connectivity index (χ0n) is 8.49. The van der Waals surface area contributed by atoms with E-state index in [0.717, 1.165) is 28.8 Å². The van der Waals surface area contributed by atoms with E-state index < -0.39 is 0 Å². The first-order chi connectivity index (χ1) is 6.76. The van der Waals surface area contributed by atoms with E-state index in [1.165, 1.54) is 0 Å². The molecule has 0 aliphatic carbocycles. The van der Waals surface area contributed by atoms with E-state index in [2.05, 4.69) is 17.0 Å². The van der Waals surface area contributed by atoms with Crippen molar-refractivity contribution in [2.75, 3.05) is 0 Å². The molecule has 0 fully saturated rings. The maximum absolute atomic E-state index is 5.67. The molecule has 4 nitrogen and oxygen atoms in total. The Labute approximate surface area is 82.7 Å². The first kappa shape index (κ1) is 9.15. The Hall–Kier alpha value is -1.42. The van der Waals surface area contributed by atoms with Crippen LogP contribution in [0.15, 0.2) is 12.3 Å². The van der Waals surface area contributed by atoms with E-state index in [-0.39, 0.29) is 0 Å². The summed E-state index contributed by atoms with van der Waals surface area (Å²) in [5, 5.41) is 5.33. The van der Waals surface area contributed by atoms with Crippen LogP contribution < -0.4 is 5.73 Å². The fourth-order valence-electron chi connectivity index (χ4n) is 1.65. The minimum atomic E-state index is 0.537. The highest BCUT2D eigenvalue weighted by Gasteiger charge is 2.07. The van der Waals surface area contributed by atoms with Crippen LogP contribution in [0, 0.1) is 6.92 Å². The number of hydrogen-bond acceptors (Lipinski definition) is 3. The summed E-state index contributed by atoms with van der Waals surface area (Å²) in [6.07, 6.45) is 1.84. The van der Waals surface area contributed by atoms with Gasteiger partial charge in [-0.2, -0.15) is 5.10 Å². The van der Waals surface area contributed by atoms with Crippen LogP contribution >= 0.6 is 0 Å². The second-order valence-electron chi connectivity index (χ2n) is 3.32. The summed E-state index contributed by atoms with van der Waals surface area (Å²) in [5.41, 5.74) is 8.72. The van der Waals surface area contributed by atoms with Crippen molar-refractivity contribution in [1.82, 2.24) is 14.8 Å². The van der Waals surface area contributed by atoms with E-state index in [9.17, 15) is 0 Å². The zero-order valence-corrected chi connectivity index (χ0v) is 8.49. The minimum absolute atomic E-state index is 0.537. The fourth-order valence-corrected chi connectivity index (χ4v) is 1.65. The van der Waals surface area contributed by atoms with Crippen LogP contribution in [-0.2, 0) is 13.1 Å². The molecule has 2 rings (SSSR count). The molecule has 2 N–H and O–H groups in total. The molecule has 0 bridgehead atoms. The first-order valence-corrected chi connectivity index (χ1v) is 4.78. The summed E-state index contributed by atoms with van der Waals surface area (Å²) in [6, 6.07) is 2.02. The number of hydrogen-bond donors (Lipinski definition) is 1. The third-order valence-corrected chi connectivity index (χ3v) is 2.34. The van der Waals surface area contributed by atoms with Crippen molar-refractivity contribution in [3.63, 3.8) is 0 Å². The number of nitrogens with two attached hydrogens (primary N) is 1. The highest BCUT2D eigenvalue weighted by molar-refractivity contribution is 5.78. The van der Waals surface area contributed by atoms with Crippen LogP contribution in [-0.4, -0.2) is 14.8 Å². The van der Waals surface area contributed by atoms with E-state index in [4.69, 9.17) is 5.73 Å². The van der Waals surface area contributed by atoms with E-state index in [1.807, 2.05) is 23.9 Å². The number of aryl methyl sites for hydroxylation is 2. The van der Waals surface area contributed by atoms with Gasteiger partial charge in [0, 0.05) is 24.2 Å². The zero-order chi connectivity index (χ0) is 10.1. The molecule has 0 amide bonds. The smallest absolute Gasteiger partial charge is 0.158 e. The molecule has 0 radical (unpaired) electrons. The number of pyridine rings is 1. The molecule has 0 saturated heterocycles. The average Bonchev–Trinajstić information content (AvgIpc) is 2.59. The molecule has 14 heavy (non-hydrogen) atoms. The molecule has 2 heterocycles. The number of nitrogens with zero attached hydrogens (tertiary/aromatic N) is 3. The van der Waals surface area contributed by atoms with E-state index >= 15 is 0 Å². The molecule has 4 heteroatoms. The average molecular weight is 190 g/mol. The van der Waals surface area contributed by atoms with Crippen LogP contribution in [0.25, 0.3) is 11.0 Å². The van der Waals surface area contributed by atoms with Crippen molar-refractivity contribution in [2.24, 2.45) is 5.73 Å². The van der Waals surface area contributed by atoms with E-state index in [1.54, 1.807) is 0 Å². The molecule has 0 aromatic carbocycles. The monoisotopic (exact) mass is 190 g/mol. The molecule has 0 atom stereocenters. The van der Waals surface area contributed by atoms with Crippen molar-refractivity contribution < 1.29 is 0 Å². The van der Waals surface area contributed by atoms with Gasteiger partial charge in [0.1, 0.15) is 0 Å². The van der Waals surface area contributed by atoms with Crippen molar-refractivity contribution >= 4 is 11.0 Å². The van der Waals surface area contributed by atoms with Gasteiger partial charge in [0.25, 0.3) is 0 Å². The summed E-state index contributed by atoms with van der Waals surface area (Å²) in [5.74, 6) is 0. The normalized spacial score (nSPS) is 11.1. The van der Waals surface area contributed by atoms with Gasteiger partial charge in [0.2, 0.25) is 0 Å². The third kappa shape index (κ3) is 1.28. The fraction of sp³-hybridized carbons (Fsp3) is 0.400. The van der Waals surface area contributed by atoms with Gasteiger partial charge in [-0.25, -0.2) is 9.67 Å². The quantitative estimate of drug-likeness (QED) is 0.774. The van der Waals surface area contributed by atoms with E-state index in [0.29, 0.717) is 6.54 Å². The summed E-state index contributed by atoms with van der Waals surface area (Å²) in [7, 11) is 0. The Morgan fingerprint density at radius 3 is 2.93 bits per heavy atom. The lowest BCUT2D eigenvalue weighted by atomic mass is 10.1. The molecular weight excluding hydrogens is 176 g/mol. The van der Waals surface area contributed by atoms with Crippen LogP contribution in [0.3, 0.4) is 0 Å². The molecule has 74 valence electrons. The highest BCUT2D eigenvalue weighted by Crippen LogP contribution is 2.17. The van der Waals surface area contributed by atoms with Gasteiger partial charge in [-0.05, 0) is 25.5 Å². The van der Waals surface area contributed by atoms with Crippen LogP contribution in [0.4, 0.5) is 0 Å². The van der Waals surface area contributed by atoms with Crippen LogP contribution in [0.1, 0.15) is 18.2 Å². The molecular formula is C10H14N4. The molecule has 0 aliphatic rings. The predicted molar refractivity (Wildman–Crippen MR) is 55.8 cm³/mol. The number of fused-ring (bicyclic) bond motifs is 1. The summed E-state index contributed by atoms with van der Waals surface area (Å²) < 4.78 is 1.89. The molecule has 0 spiro atoms. The van der Waals surface area contributed by atoms with Gasteiger partial charge >= 0.3 is 0 Å². The lowest BCUT2D eigenvalue weighted by Gasteiger charge is -2.02. The number of rotatable bonds is 2. The standard InChI is InChI=1S/C10H14N4/c1-3-14-10-9(6-12-14)8(5-11)4-7(2)13-10/h4,6H,3,5,11H2,1-2H3. The topological polar surface area (TPSA) is 56.7 Å². The van der Waals surface area contributed by atoms with Crippen molar-refractivity contribution in [3.05, 3.63) is 23.5 Å². The van der Waals surface area contributed by atoms with Gasteiger partial charge in [-0.15, -0.1) is 0 Å². The highest BCUT2D eigenvalue weighted by atomic mass is 15.3. The maximum atomic E-state index is 5.67. The lowest BCUT2D eigenvalue weighted by molar-refractivity contribution is 0.676. The van der Waals surface area contributed by atoms with Gasteiger partial charge < -0.3 is 5.73 Å². The minimum Gasteiger partial charge on any atom is -0.326 e. The summed E-state index contributed by atoms with van der Waals surface area (Å²) >= 11 is 0. The van der Waals surface area contributed by atoms with Crippen LogP contribution in [0.2, 0.25) is 0 Å². The first-order valence-electron chi connectivity index (χ1n) is 4.78. The second-order valence-corrected chi connectivity index (χ2v) is 3.32. The molecule has 0 unspecified atom stereocenters. The number of aromatic nitrogens is 3. The molecule has 0 saturated carbocycles. The predicted octanol–water partition coefficient (Wildman–Crippen LogP) is 1.22. The second kappa shape index (κ2) is 3.38. The van der Waals surface area contributed by atoms with Gasteiger partial charge in [-0.3, -0.25) is 0 Å². The molecule has 2 aromatic rings. The van der Waals surface area contributed by atoms with Gasteiger partial charge in [0.05, 0.1) is 6.20 Å². The van der Waals surface area contributed by atoms with Crippen molar-refractivity contribution in [3.8, 4) is 0 Å². The maximum Gasteiger partial charge on any atom is 0.158 e. The Kier molecular flexibility index (Phi) is 2.21. The van der Waals surface area contributed by atoms with Crippen molar-refractivity contribution in [2.45, 2.75) is 26.9 Å².